The normalized spacial score (nSPS) is 17.0. The van der Waals surface area contributed by atoms with Crippen molar-refractivity contribution >= 4 is 0 Å². The Hall–Kier alpha value is -1.02. The van der Waals surface area contributed by atoms with Gasteiger partial charge in [-0.3, -0.25) is 0 Å². The van der Waals surface area contributed by atoms with Gasteiger partial charge in [0.15, 0.2) is 0 Å². The average Bonchev–Trinajstić information content (AvgIpc) is 2.27. The summed E-state index contributed by atoms with van der Waals surface area (Å²) in [5, 5.41) is 9.69. The molecule has 0 fully saturated rings. The maximum atomic E-state index is 9.69. The van der Waals surface area contributed by atoms with Crippen molar-refractivity contribution in [2.75, 3.05) is 6.61 Å². The van der Waals surface area contributed by atoms with Crippen LogP contribution in [0.3, 0.4) is 0 Å². The van der Waals surface area contributed by atoms with Gasteiger partial charge in [0.1, 0.15) is 5.75 Å². The highest BCUT2D eigenvalue weighted by molar-refractivity contribution is 5.39. The summed E-state index contributed by atoms with van der Waals surface area (Å²) in [4.78, 5) is 0. The van der Waals surface area contributed by atoms with E-state index in [9.17, 15) is 5.11 Å². The van der Waals surface area contributed by atoms with E-state index in [2.05, 4.69) is 6.07 Å². The lowest BCUT2D eigenvalue weighted by Crippen LogP contribution is -2.09. The fraction of sp³-hybridized carbons (Fsp3) is 0.500. The van der Waals surface area contributed by atoms with Crippen LogP contribution in [-0.4, -0.2) is 11.7 Å². The quantitative estimate of drug-likeness (QED) is 0.780. The molecule has 1 aromatic carbocycles. The second kappa shape index (κ2) is 4.01. The second-order valence-electron chi connectivity index (χ2n) is 3.74. The molecule has 0 spiro atoms. The number of ether oxygens (including phenoxy) is 1. The largest absolute Gasteiger partial charge is 0.493 e. The summed E-state index contributed by atoms with van der Waals surface area (Å²) in [5.41, 5.74) is 2.25. The Morgan fingerprint density at radius 1 is 1.50 bits per heavy atom. The van der Waals surface area contributed by atoms with Gasteiger partial charge in [0.05, 0.1) is 12.7 Å². The van der Waals surface area contributed by atoms with Crippen molar-refractivity contribution < 1.29 is 9.84 Å². The molecule has 0 aliphatic carbocycles. The zero-order valence-corrected chi connectivity index (χ0v) is 8.49. The Balaban J connectivity index is 2.29. The molecule has 2 rings (SSSR count). The van der Waals surface area contributed by atoms with Crippen molar-refractivity contribution in [3.8, 4) is 5.75 Å². The number of aliphatic hydroxyl groups excluding tert-OH is 1. The molecule has 1 unspecified atom stereocenters. The monoisotopic (exact) mass is 192 g/mol. The molecule has 1 heterocycles. The smallest absolute Gasteiger partial charge is 0.122 e. The molecule has 2 heteroatoms. The van der Waals surface area contributed by atoms with Gasteiger partial charge in [-0.15, -0.1) is 0 Å². The molecule has 0 amide bonds. The first-order valence-corrected chi connectivity index (χ1v) is 5.25. The first-order valence-electron chi connectivity index (χ1n) is 5.25. The van der Waals surface area contributed by atoms with Crippen molar-refractivity contribution in [1.82, 2.24) is 0 Å². The minimum Gasteiger partial charge on any atom is -0.493 e. The third-order valence-corrected chi connectivity index (χ3v) is 2.70. The molecule has 1 aliphatic heterocycles. The van der Waals surface area contributed by atoms with E-state index >= 15 is 0 Å². The molecule has 14 heavy (non-hydrogen) atoms. The van der Waals surface area contributed by atoms with Gasteiger partial charge >= 0.3 is 0 Å². The van der Waals surface area contributed by atoms with Crippen molar-refractivity contribution in [2.45, 2.75) is 32.3 Å². The molecular formula is C12H16O2. The molecule has 1 aliphatic rings. The molecule has 1 N–H and O–H groups in total. The zero-order chi connectivity index (χ0) is 9.97. The first-order chi connectivity index (χ1) is 6.81. The number of aryl methyl sites for hydroxylation is 1. The number of benzene rings is 1. The lowest BCUT2D eigenvalue weighted by molar-refractivity contribution is 0.173. The van der Waals surface area contributed by atoms with Gasteiger partial charge in [-0.1, -0.05) is 13.0 Å². The van der Waals surface area contributed by atoms with Crippen LogP contribution >= 0.6 is 0 Å². The Kier molecular flexibility index (Phi) is 2.73. The number of aliphatic hydroxyl groups is 1. The zero-order valence-electron chi connectivity index (χ0n) is 8.49. The lowest BCUT2D eigenvalue weighted by Gasteiger charge is -2.19. The van der Waals surface area contributed by atoms with Gasteiger partial charge in [0.2, 0.25) is 0 Å². The Morgan fingerprint density at radius 2 is 2.36 bits per heavy atom. The van der Waals surface area contributed by atoms with Crippen LogP contribution in [0.1, 0.15) is 37.0 Å². The molecule has 0 saturated carbocycles. The van der Waals surface area contributed by atoms with E-state index in [4.69, 9.17) is 4.74 Å². The van der Waals surface area contributed by atoms with E-state index in [1.165, 1.54) is 5.56 Å². The molecule has 0 bridgehead atoms. The van der Waals surface area contributed by atoms with Crippen LogP contribution in [0.15, 0.2) is 18.2 Å². The highest BCUT2D eigenvalue weighted by atomic mass is 16.5. The van der Waals surface area contributed by atoms with E-state index in [0.717, 1.165) is 37.2 Å². The number of fused-ring (bicyclic) bond motifs is 1. The highest BCUT2D eigenvalue weighted by Gasteiger charge is 2.12. The van der Waals surface area contributed by atoms with Gasteiger partial charge in [-0.2, -0.15) is 0 Å². The van der Waals surface area contributed by atoms with Crippen molar-refractivity contribution in [2.24, 2.45) is 0 Å². The van der Waals surface area contributed by atoms with Crippen LogP contribution in [0.4, 0.5) is 0 Å². The standard InChI is InChI=1S/C12H16O2/c1-2-11(13)9-5-6-12-10(8-9)4-3-7-14-12/h5-6,8,11,13H,2-4,7H2,1H3. The minimum absolute atomic E-state index is 0.331. The Labute approximate surface area is 84.5 Å². The van der Waals surface area contributed by atoms with E-state index < -0.39 is 0 Å². The fourth-order valence-electron chi connectivity index (χ4n) is 1.82. The van der Waals surface area contributed by atoms with Crippen LogP contribution in [0.25, 0.3) is 0 Å². The summed E-state index contributed by atoms with van der Waals surface area (Å²) in [7, 11) is 0. The third kappa shape index (κ3) is 1.75. The summed E-state index contributed by atoms with van der Waals surface area (Å²) < 4.78 is 5.51. The predicted molar refractivity (Wildman–Crippen MR) is 55.5 cm³/mol. The maximum absolute atomic E-state index is 9.69. The van der Waals surface area contributed by atoms with Gasteiger partial charge in [0.25, 0.3) is 0 Å². The lowest BCUT2D eigenvalue weighted by atomic mass is 10.00. The first kappa shape index (κ1) is 9.53. The van der Waals surface area contributed by atoms with Gasteiger partial charge < -0.3 is 9.84 Å². The summed E-state index contributed by atoms with van der Waals surface area (Å²) in [6, 6.07) is 6.00. The van der Waals surface area contributed by atoms with Crippen LogP contribution in [0.2, 0.25) is 0 Å². The van der Waals surface area contributed by atoms with E-state index in [1.807, 2.05) is 19.1 Å². The summed E-state index contributed by atoms with van der Waals surface area (Å²) in [6.07, 6.45) is 2.58. The maximum Gasteiger partial charge on any atom is 0.122 e. The Bertz CT molecular complexity index is 320. The summed E-state index contributed by atoms with van der Waals surface area (Å²) >= 11 is 0. The molecule has 0 saturated heterocycles. The number of hydrogen-bond donors (Lipinski definition) is 1. The van der Waals surface area contributed by atoms with E-state index in [1.54, 1.807) is 0 Å². The van der Waals surface area contributed by atoms with Crippen molar-refractivity contribution in [3.05, 3.63) is 29.3 Å². The van der Waals surface area contributed by atoms with Crippen LogP contribution < -0.4 is 4.74 Å². The minimum atomic E-state index is -0.331. The second-order valence-corrected chi connectivity index (χ2v) is 3.74. The number of rotatable bonds is 2. The van der Waals surface area contributed by atoms with Crippen LogP contribution in [0.5, 0.6) is 5.75 Å². The fourth-order valence-corrected chi connectivity index (χ4v) is 1.82. The predicted octanol–water partition coefficient (Wildman–Crippen LogP) is 2.46. The molecule has 0 radical (unpaired) electrons. The Morgan fingerprint density at radius 3 is 3.14 bits per heavy atom. The van der Waals surface area contributed by atoms with Crippen LogP contribution in [-0.2, 0) is 6.42 Å². The summed E-state index contributed by atoms with van der Waals surface area (Å²) in [5.74, 6) is 0.989. The average molecular weight is 192 g/mol. The van der Waals surface area contributed by atoms with Gasteiger partial charge in [-0.25, -0.2) is 0 Å². The van der Waals surface area contributed by atoms with E-state index in [-0.39, 0.29) is 6.10 Å². The number of hydrogen-bond acceptors (Lipinski definition) is 2. The molecule has 76 valence electrons. The highest BCUT2D eigenvalue weighted by Crippen LogP contribution is 2.28. The third-order valence-electron chi connectivity index (χ3n) is 2.70. The van der Waals surface area contributed by atoms with E-state index in [0.29, 0.717) is 0 Å². The molecule has 0 aromatic heterocycles. The van der Waals surface area contributed by atoms with Gasteiger partial charge in [0, 0.05) is 0 Å². The summed E-state index contributed by atoms with van der Waals surface area (Å²) in [6.45, 7) is 2.81. The van der Waals surface area contributed by atoms with Crippen molar-refractivity contribution in [1.29, 1.82) is 0 Å². The van der Waals surface area contributed by atoms with Gasteiger partial charge in [-0.05, 0) is 42.5 Å². The van der Waals surface area contributed by atoms with Crippen LogP contribution in [0, 0.1) is 0 Å². The topological polar surface area (TPSA) is 29.5 Å². The molecule has 1 atom stereocenters. The molecular weight excluding hydrogens is 176 g/mol. The molecule has 1 aromatic rings. The molecule has 2 nitrogen and oxygen atoms in total. The van der Waals surface area contributed by atoms with Crippen molar-refractivity contribution in [3.63, 3.8) is 0 Å². The SMILES string of the molecule is CCC(O)c1ccc2c(c1)CCCO2.